The topological polar surface area (TPSA) is 26.0 Å². The van der Waals surface area contributed by atoms with Crippen LogP contribution in [0.3, 0.4) is 0 Å². The van der Waals surface area contributed by atoms with E-state index in [1.54, 1.807) is 0 Å². The van der Waals surface area contributed by atoms with E-state index in [-0.39, 0.29) is 5.41 Å². The average Bonchev–Trinajstić information content (AvgIpc) is 2.02. The van der Waals surface area contributed by atoms with Gasteiger partial charge in [0.25, 0.3) is 0 Å². The van der Waals surface area contributed by atoms with E-state index in [2.05, 4.69) is 45.9 Å². The van der Waals surface area contributed by atoms with Crippen LogP contribution in [-0.2, 0) is 11.8 Å². The molecule has 0 heterocycles. The van der Waals surface area contributed by atoms with Crippen LogP contribution in [0.15, 0.2) is 18.2 Å². The van der Waals surface area contributed by atoms with Crippen molar-refractivity contribution in [3.63, 3.8) is 0 Å². The molecule has 0 spiro atoms. The molecule has 0 bridgehead atoms. The van der Waals surface area contributed by atoms with Crippen molar-refractivity contribution >= 4 is 5.69 Å². The van der Waals surface area contributed by atoms with Crippen molar-refractivity contribution in [2.75, 3.05) is 5.73 Å². The molecule has 0 saturated heterocycles. The third-order valence-electron chi connectivity index (χ3n) is 2.39. The monoisotopic (exact) mass is 177 g/mol. The smallest absolute Gasteiger partial charge is 0.0384 e. The van der Waals surface area contributed by atoms with E-state index in [0.717, 1.165) is 12.1 Å². The zero-order valence-corrected chi connectivity index (χ0v) is 9.02. The standard InChI is InChI=1S/C12H19N/c1-5-9-7-6-8-10(11(9)13)12(2,3)4/h6-8H,5,13H2,1-4H3. The van der Waals surface area contributed by atoms with Crippen LogP contribution >= 0.6 is 0 Å². The minimum absolute atomic E-state index is 0.148. The molecule has 0 aliphatic rings. The second kappa shape index (κ2) is 3.41. The van der Waals surface area contributed by atoms with Crippen molar-refractivity contribution in [1.82, 2.24) is 0 Å². The largest absolute Gasteiger partial charge is 0.398 e. The van der Waals surface area contributed by atoms with Crippen LogP contribution in [0, 0.1) is 0 Å². The number of rotatable bonds is 1. The molecular weight excluding hydrogens is 158 g/mol. The molecule has 0 unspecified atom stereocenters. The number of para-hydroxylation sites is 1. The van der Waals surface area contributed by atoms with Gasteiger partial charge < -0.3 is 5.73 Å². The zero-order valence-electron chi connectivity index (χ0n) is 9.02. The molecule has 0 atom stereocenters. The Bertz CT molecular complexity index is 294. The van der Waals surface area contributed by atoms with Crippen LogP contribution in [-0.4, -0.2) is 0 Å². The van der Waals surface area contributed by atoms with Gasteiger partial charge in [0.15, 0.2) is 0 Å². The molecule has 1 aromatic rings. The van der Waals surface area contributed by atoms with E-state index >= 15 is 0 Å². The van der Waals surface area contributed by atoms with Gasteiger partial charge in [0, 0.05) is 5.69 Å². The van der Waals surface area contributed by atoms with Crippen LogP contribution in [0.5, 0.6) is 0 Å². The lowest BCUT2D eigenvalue weighted by Gasteiger charge is -2.22. The third-order valence-corrected chi connectivity index (χ3v) is 2.39. The Hall–Kier alpha value is -0.980. The van der Waals surface area contributed by atoms with Crippen molar-refractivity contribution in [3.8, 4) is 0 Å². The molecule has 0 saturated carbocycles. The van der Waals surface area contributed by atoms with E-state index in [4.69, 9.17) is 5.73 Å². The first-order chi connectivity index (χ1) is 5.96. The van der Waals surface area contributed by atoms with Gasteiger partial charge >= 0.3 is 0 Å². The molecule has 13 heavy (non-hydrogen) atoms. The second-order valence-corrected chi connectivity index (χ2v) is 4.48. The van der Waals surface area contributed by atoms with Gasteiger partial charge in [0.2, 0.25) is 0 Å². The fraction of sp³-hybridized carbons (Fsp3) is 0.500. The molecular formula is C12H19N. The highest BCUT2D eigenvalue weighted by Gasteiger charge is 2.17. The highest BCUT2D eigenvalue weighted by atomic mass is 14.6. The Morgan fingerprint density at radius 2 is 1.85 bits per heavy atom. The fourth-order valence-corrected chi connectivity index (χ4v) is 1.58. The van der Waals surface area contributed by atoms with Gasteiger partial charge in [-0.1, -0.05) is 45.9 Å². The summed E-state index contributed by atoms with van der Waals surface area (Å²) in [7, 11) is 0. The van der Waals surface area contributed by atoms with Gasteiger partial charge in [0.1, 0.15) is 0 Å². The van der Waals surface area contributed by atoms with Crippen molar-refractivity contribution in [3.05, 3.63) is 29.3 Å². The Kier molecular flexibility index (Phi) is 2.65. The molecule has 72 valence electrons. The summed E-state index contributed by atoms with van der Waals surface area (Å²) in [5.41, 5.74) is 9.71. The van der Waals surface area contributed by atoms with Crippen LogP contribution in [0.25, 0.3) is 0 Å². The number of benzene rings is 1. The van der Waals surface area contributed by atoms with Crippen molar-refractivity contribution in [2.45, 2.75) is 39.5 Å². The first-order valence-corrected chi connectivity index (χ1v) is 4.84. The summed E-state index contributed by atoms with van der Waals surface area (Å²) in [5.74, 6) is 0. The maximum absolute atomic E-state index is 6.08. The summed E-state index contributed by atoms with van der Waals surface area (Å²) in [5, 5.41) is 0. The van der Waals surface area contributed by atoms with Gasteiger partial charge in [-0.3, -0.25) is 0 Å². The Morgan fingerprint density at radius 1 is 1.23 bits per heavy atom. The number of nitrogens with two attached hydrogens (primary N) is 1. The molecule has 0 fully saturated rings. The molecule has 1 rings (SSSR count). The predicted octanol–water partition coefficient (Wildman–Crippen LogP) is 3.13. The normalized spacial score (nSPS) is 11.7. The first-order valence-electron chi connectivity index (χ1n) is 4.84. The molecule has 1 aromatic carbocycles. The lowest BCUT2D eigenvalue weighted by Crippen LogP contribution is -2.14. The Morgan fingerprint density at radius 3 is 2.31 bits per heavy atom. The molecule has 1 heteroatoms. The number of nitrogen functional groups attached to an aromatic ring is 1. The molecule has 0 aliphatic carbocycles. The quantitative estimate of drug-likeness (QED) is 0.655. The maximum Gasteiger partial charge on any atom is 0.0384 e. The van der Waals surface area contributed by atoms with E-state index in [9.17, 15) is 0 Å². The molecule has 2 N–H and O–H groups in total. The molecule has 0 radical (unpaired) electrons. The SMILES string of the molecule is CCc1cccc(C(C)(C)C)c1N. The lowest BCUT2D eigenvalue weighted by molar-refractivity contribution is 0.592. The number of hydrogen-bond donors (Lipinski definition) is 1. The summed E-state index contributed by atoms with van der Waals surface area (Å²) in [4.78, 5) is 0. The van der Waals surface area contributed by atoms with E-state index in [1.165, 1.54) is 11.1 Å². The summed E-state index contributed by atoms with van der Waals surface area (Å²) >= 11 is 0. The first kappa shape index (κ1) is 10.1. The number of aryl methyl sites for hydroxylation is 1. The Balaban J connectivity index is 3.24. The average molecular weight is 177 g/mol. The summed E-state index contributed by atoms with van der Waals surface area (Å²) in [6.45, 7) is 8.71. The molecule has 0 amide bonds. The predicted molar refractivity (Wildman–Crippen MR) is 58.9 cm³/mol. The minimum atomic E-state index is 0.148. The molecule has 1 nitrogen and oxygen atoms in total. The van der Waals surface area contributed by atoms with Gasteiger partial charge in [-0.15, -0.1) is 0 Å². The maximum atomic E-state index is 6.08. The van der Waals surface area contributed by atoms with Gasteiger partial charge in [0.05, 0.1) is 0 Å². The van der Waals surface area contributed by atoms with Crippen LogP contribution in [0.4, 0.5) is 5.69 Å². The van der Waals surface area contributed by atoms with Crippen molar-refractivity contribution in [2.24, 2.45) is 0 Å². The van der Waals surface area contributed by atoms with Crippen LogP contribution in [0.2, 0.25) is 0 Å². The number of anilines is 1. The van der Waals surface area contributed by atoms with Crippen LogP contribution < -0.4 is 5.73 Å². The zero-order chi connectivity index (χ0) is 10.1. The third kappa shape index (κ3) is 2.03. The summed E-state index contributed by atoms with van der Waals surface area (Å²) in [6.07, 6.45) is 1.01. The van der Waals surface area contributed by atoms with Crippen LogP contribution in [0.1, 0.15) is 38.8 Å². The van der Waals surface area contributed by atoms with Crippen molar-refractivity contribution in [1.29, 1.82) is 0 Å². The second-order valence-electron chi connectivity index (χ2n) is 4.48. The highest BCUT2D eigenvalue weighted by Crippen LogP contribution is 2.29. The Labute approximate surface area is 81.0 Å². The fourth-order valence-electron chi connectivity index (χ4n) is 1.58. The van der Waals surface area contributed by atoms with Gasteiger partial charge in [-0.25, -0.2) is 0 Å². The van der Waals surface area contributed by atoms with Gasteiger partial charge in [-0.2, -0.15) is 0 Å². The van der Waals surface area contributed by atoms with E-state index in [1.807, 2.05) is 0 Å². The van der Waals surface area contributed by atoms with E-state index < -0.39 is 0 Å². The van der Waals surface area contributed by atoms with E-state index in [0.29, 0.717) is 0 Å². The molecule has 0 aromatic heterocycles. The number of hydrogen-bond acceptors (Lipinski definition) is 1. The summed E-state index contributed by atoms with van der Waals surface area (Å²) < 4.78 is 0. The van der Waals surface area contributed by atoms with Crippen molar-refractivity contribution < 1.29 is 0 Å². The van der Waals surface area contributed by atoms with Gasteiger partial charge in [-0.05, 0) is 23.0 Å². The lowest BCUT2D eigenvalue weighted by atomic mass is 9.84. The minimum Gasteiger partial charge on any atom is -0.398 e. The molecule has 0 aliphatic heterocycles. The highest BCUT2D eigenvalue weighted by molar-refractivity contribution is 5.56. The summed E-state index contributed by atoms with van der Waals surface area (Å²) in [6, 6.07) is 6.31.